The van der Waals surface area contributed by atoms with Gasteiger partial charge in [-0.05, 0) is 33.4 Å². The topological polar surface area (TPSA) is 28.7 Å². The lowest BCUT2D eigenvalue weighted by molar-refractivity contribution is 1.34. The highest BCUT2D eigenvalue weighted by Gasteiger charge is 2.10. The molecule has 0 aromatic carbocycles. The summed E-state index contributed by atoms with van der Waals surface area (Å²) in [7, 11) is 0. The Morgan fingerprint density at radius 3 is 3.00 bits per heavy atom. The van der Waals surface area contributed by atoms with Crippen molar-refractivity contribution in [1.82, 2.24) is 9.97 Å². The third kappa shape index (κ3) is 1.41. The van der Waals surface area contributed by atoms with Gasteiger partial charge in [0.25, 0.3) is 0 Å². The summed E-state index contributed by atoms with van der Waals surface area (Å²) in [6.45, 7) is 0. The summed E-state index contributed by atoms with van der Waals surface area (Å²) in [5.74, 6) is 0. The first kappa shape index (κ1) is 9.12. The van der Waals surface area contributed by atoms with Crippen LogP contribution in [-0.4, -0.2) is 9.97 Å². The van der Waals surface area contributed by atoms with Gasteiger partial charge in [0.1, 0.15) is 0 Å². The number of thiophene rings is 1. The minimum absolute atomic E-state index is 1.06. The van der Waals surface area contributed by atoms with Gasteiger partial charge in [0, 0.05) is 22.5 Å². The number of nitrogens with one attached hydrogen (secondary N) is 1. The summed E-state index contributed by atoms with van der Waals surface area (Å²) in [5.41, 5.74) is 3.40. The number of halogens is 1. The van der Waals surface area contributed by atoms with E-state index in [-0.39, 0.29) is 0 Å². The SMILES string of the molecule is Brc1c(-c2ccsc2)[nH]c2cnccc12. The number of aromatic nitrogens is 2. The van der Waals surface area contributed by atoms with Crippen molar-refractivity contribution in [3.05, 3.63) is 39.8 Å². The Kier molecular flexibility index (Phi) is 2.11. The Morgan fingerprint density at radius 1 is 1.33 bits per heavy atom. The molecule has 0 saturated heterocycles. The Morgan fingerprint density at radius 2 is 2.27 bits per heavy atom. The van der Waals surface area contributed by atoms with Crippen LogP contribution in [0, 0.1) is 0 Å². The summed E-state index contributed by atoms with van der Waals surface area (Å²) in [5, 5.41) is 5.38. The second kappa shape index (κ2) is 3.47. The van der Waals surface area contributed by atoms with Crippen LogP contribution in [0.5, 0.6) is 0 Å². The van der Waals surface area contributed by atoms with Gasteiger partial charge in [-0.3, -0.25) is 4.98 Å². The van der Waals surface area contributed by atoms with E-state index in [1.165, 1.54) is 10.9 Å². The van der Waals surface area contributed by atoms with Gasteiger partial charge in [-0.25, -0.2) is 0 Å². The summed E-state index contributed by atoms with van der Waals surface area (Å²) in [6, 6.07) is 4.11. The summed E-state index contributed by atoms with van der Waals surface area (Å²) < 4.78 is 1.11. The van der Waals surface area contributed by atoms with Crippen molar-refractivity contribution in [3.8, 4) is 11.3 Å². The van der Waals surface area contributed by atoms with Gasteiger partial charge < -0.3 is 4.98 Å². The van der Waals surface area contributed by atoms with Crippen molar-refractivity contribution < 1.29 is 0 Å². The maximum Gasteiger partial charge on any atom is 0.0657 e. The van der Waals surface area contributed by atoms with Crippen LogP contribution in [0.4, 0.5) is 0 Å². The Hall–Kier alpha value is -1.13. The molecule has 2 nitrogen and oxygen atoms in total. The molecule has 0 aliphatic rings. The number of nitrogens with zero attached hydrogens (tertiary/aromatic N) is 1. The highest BCUT2D eigenvalue weighted by atomic mass is 79.9. The molecule has 3 heterocycles. The highest BCUT2D eigenvalue weighted by Crippen LogP contribution is 2.34. The lowest BCUT2D eigenvalue weighted by Crippen LogP contribution is -1.72. The molecule has 15 heavy (non-hydrogen) atoms. The predicted octanol–water partition coefficient (Wildman–Crippen LogP) is 4.05. The van der Waals surface area contributed by atoms with Crippen LogP contribution in [0.3, 0.4) is 0 Å². The van der Waals surface area contributed by atoms with Crippen LogP contribution < -0.4 is 0 Å². The molecule has 0 saturated carbocycles. The minimum Gasteiger partial charge on any atom is -0.352 e. The number of hydrogen-bond acceptors (Lipinski definition) is 2. The first-order valence-corrected chi connectivity index (χ1v) is 6.23. The summed E-state index contributed by atoms with van der Waals surface area (Å²) in [6.07, 6.45) is 3.65. The molecule has 0 radical (unpaired) electrons. The first-order chi connectivity index (χ1) is 7.36. The maximum absolute atomic E-state index is 4.10. The monoisotopic (exact) mass is 278 g/mol. The fourth-order valence-corrected chi connectivity index (χ4v) is 2.94. The number of pyridine rings is 1. The molecule has 0 fully saturated rings. The predicted molar refractivity (Wildman–Crippen MR) is 67.1 cm³/mol. The average molecular weight is 279 g/mol. The molecule has 0 atom stereocenters. The van der Waals surface area contributed by atoms with Gasteiger partial charge in [-0.2, -0.15) is 11.3 Å². The molecule has 0 bridgehead atoms. The van der Waals surface area contributed by atoms with Crippen LogP contribution in [0.15, 0.2) is 39.8 Å². The number of rotatable bonds is 1. The Balaban J connectivity index is 2.33. The highest BCUT2D eigenvalue weighted by molar-refractivity contribution is 9.10. The zero-order valence-corrected chi connectivity index (χ0v) is 10.1. The standard InChI is InChI=1S/C11H7BrN2S/c12-10-8-1-3-13-5-9(8)14-11(10)7-2-4-15-6-7/h1-6,14H. The van der Waals surface area contributed by atoms with Crippen LogP contribution in [0.1, 0.15) is 0 Å². The second-order valence-corrected chi connectivity index (χ2v) is 4.82. The van der Waals surface area contributed by atoms with Gasteiger partial charge in [-0.1, -0.05) is 0 Å². The number of H-pyrrole nitrogens is 1. The number of aromatic amines is 1. The Bertz CT molecular complexity index is 598. The van der Waals surface area contributed by atoms with E-state index in [4.69, 9.17) is 0 Å². The average Bonchev–Trinajstić information content (AvgIpc) is 2.87. The molecular weight excluding hydrogens is 272 g/mol. The van der Waals surface area contributed by atoms with Crippen LogP contribution in [-0.2, 0) is 0 Å². The molecule has 0 aliphatic heterocycles. The summed E-state index contributed by atoms with van der Waals surface area (Å²) >= 11 is 5.32. The molecule has 1 N–H and O–H groups in total. The smallest absolute Gasteiger partial charge is 0.0657 e. The molecule has 3 aromatic rings. The van der Waals surface area contributed by atoms with E-state index in [0.29, 0.717) is 0 Å². The van der Waals surface area contributed by atoms with Gasteiger partial charge >= 0.3 is 0 Å². The molecule has 0 spiro atoms. The lowest BCUT2D eigenvalue weighted by Gasteiger charge is -1.92. The van der Waals surface area contributed by atoms with Crippen molar-refractivity contribution in [1.29, 1.82) is 0 Å². The van der Waals surface area contributed by atoms with E-state index >= 15 is 0 Å². The van der Waals surface area contributed by atoms with E-state index in [1.807, 2.05) is 12.3 Å². The zero-order chi connectivity index (χ0) is 10.3. The van der Waals surface area contributed by atoms with Crippen molar-refractivity contribution in [2.24, 2.45) is 0 Å². The molecule has 3 aromatic heterocycles. The quantitative estimate of drug-likeness (QED) is 0.715. The van der Waals surface area contributed by atoms with Crippen molar-refractivity contribution >= 4 is 38.2 Å². The fraction of sp³-hybridized carbons (Fsp3) is 0. The molecule has 0 unspecified atom stereocenters. The van der Waals surface area contributed by atoms with Gasteiger partial charge in [-0.15, -0.1) is 0 Å². The van der Waals surface area contributed by atoms with Crippen molar-refractivity contribution in [2.45, 2.75) is 0 Å². The van der Waals surface area contributed by atoms with E-state index < -0.39 is 0 Å². The van der Waals surface area contributed by atoms with Crippen LogP contribution in [0.25, 0.3) is 22.2 Å². The normalized spacial score (nSPS) is 11.0. The zero-order valence-electron chi connectivity index (χ0n) is 7.70. The molecular formula is C11H7BrN2S. The van der Waals surface area contributed by atoms with Crippen molar-refractivity contribution in [2.75, 3.05) is 0 Å². The third-order valence-electron chi connectivity index (χ3n) is 2.35. The fourth-order valence-electron chi connectivity index (χ4n) is 1.62. The number of hydrogen-bond donors (Lipinski definition) is 1. The van der Waals surface area contributed by atoms with Gasteiger partial charge in [0.2, 0.25) is 0 Å². The van der Waals surface area contributed by atoms with E-state index in [1.54, 1.807) is 17.5 Å². The maximum atomic E-state index is 4.10. The van der Waals surface area contributed by atoms with E-state index in [9.17, 15) is 0 Å². The molecule has 74 valence electrons. The molecule has 3 rings (SSSR count). The van der Waals surface area contributed by atoms with Crippen LogP contribution >= 0.6 is 27.3 Å². The van der Waals surface area contributed by atoms with E-state index in [2.05, 4.69) is 42.7 Å². The van der Waals surface area contributed by atoms with Gasteiger partial charge in [0.05, 0.1) is 21.9 Å². The molecule has 0 amide bonds. The molecule has 4 heteroatoms. The van der Waals surface area contributed by atoms with Gasteiger partial charge in [0.15, 0.2) is 0 Å². The Labute approximate surface area is 99.1 Å². The first-order valence-electron chi connectivity index (χ1n) is 4.50. The molecule has 0 aliphatic carbocycles. The van der Waals surface area contributed by atoms with Crippen LogP contribution in [0.2, 0.25) is 0 Å². The lowest BCUT2D eigenvalue weighted by atomic mass is 10.2. The van der Waals surface area contributed by atoms with E-state index in [0.717, 1.165) is 15.7 Å². The minimum atomic E-state index is 1.06. The van der Waals surface area contributed by atoms with Crippen molar-refractivity contribution in [3.63, 3.8) is 0 Å². The third-order valence-corrected chi connectivity index (χ3v) is 3.85. The second-order valence-electron chi connectivity index (χ2n) is 3.25. The largest absolute Gasteiger partial charge is 0.352 e. The number of fused-ring (bicyclic) bond motifs is 1. The summed E-state index contributed by atoms with van der Waals surface area (Å²) in [4.78, 5) is 7.46.